The molecule has 2 rings (SSSR count). The monoisotopic (exact) mass is 151 g/mol. The first-order valence-electron chi connectivity index (χ1n) is 4.14. The van der Waals surface area contributed by atoms with E-state index in [4.69, 9.17) is 5.73 Å². The van der Waals surface area contributed by atoms with Crippen LogP contribution in [-0.4, -0.2) is 9.78 Å². The summed E-state index contributed by atoms with van der Waals surface area (Å²) in [7, 11) is 0. The molecule has 0 radical (unpaired) electrons. The van der Waals surface area contributed by atoms with Crippen LogP contribution in [0.3, 0.4) is 0 Å². The second kappa shape index (κ2) is 2.26. The molecule has 0 bridgehead atoms. The molecule has 1 aromatic heterocycles. The van der Waals surface area contributed by atoms with Gasteiger partial charge in [-0.3, -0.25) is 4.68 Å². The molecule has 11 heavy (non-hydrogen) atoms. The van der Waals surface area contributed by atoms with E-state index >= 15 is 0 Å². The summed E-state index contributed by atoms with van der Waals surface area (Å²) in [5.74, 6) is 1.36. The molecule has 3 heteroatoms. The highest BCUT2D eigenvalue weighted by molar-refractivity contribution is 5.32. The van der Waals surface area contributed by atoms with E-state index in [1.54, 1.807) is 0 Å². The lowest BCUT2D eigenvalue weighted by Crippen LogP contribution is -1.95. The number of rotatable bonds is 1. The maximum Gasteiger partial charge on any atom is 0.145 e. The van der Waals surface area contributed by atoms with Crippen LogP contribution in [0.15, 0.2) is 6.07 Å². The lowest BCUT2D eigenvalue weighted by molar-refractivity contribution is 0.621. The molecule has 1 atom stereocenters. The number of hydrogen-bond donors (Lipinski definition) is 1. The third-order valence-corrected chi connectivity index (χ3v) is 2.43. The van der Waals surface area contributed by atoms with Crippen molar-refractivity contribution in [3.05, 3.63) is 11.8 Å². The molecule has 0 aliphatic carbocycles. The minimum atomic E-state index is 0.665. The van der Waals surface area contributed by atoms with Crippen molar-refractivity contribution < 1.29 is 0 Å². The van der Waals surface area contributed by atoms with Crippen LogP contribution in [0, 0.1) is 0 Å². The highest BCUT2D eigenvalue weighted by Gasteiger charge is 2.22. The Hall–Kier alpha value is -0.990. The number of nitrogens with zero attached hydrogens (tertiary/aromatic N) is 2. The topological polar surface area (TPSA) is 43.8 Å². The van der Waals surface area contributed by atoms with E-state index in [1.165, 1.54) is 18.5 Å². The van der Waals surface area contributed by atoms with Gasteiger partial charge >= 0.3 is 0 Å². The summed E-state index contributed by atoms with van der Waals surface area (Å²) in [5, 5.41) is 4.18. The van der Waals surface area contributed by atoms with Gasteiger partial charge in [-0.2, -0.15) is 5.10 Å². The zero-order valence-electron chi connectivity index (χ0n) is 6.75. The zero-order valence-corrected chi connectivity index (χ0v) is 6.75. The number of aryl methyl sites for hydroxylation is 1. The molecule has 1 unspecified atom stereocenters. The Bertz CT molecular complexity index is 264. The number of hydrogen-bond acceptors (Lipinski definition) is 2. The SMILES string of the molecule is CCC1CCn2nc(N)cc21. The molecule has 2 heterocycles. The summed E-state index contributed by atoms with van der Waals surface area (Å²) < 4.78 is 2.03. The fourth-order valence-corrected chi connectivity index (χ4v) is 1.80. The number of anilines is 1. The van der Waals surface area contributed by atoms with Gasteiger partial charge in [-0.25, -0.2) is 0 Å². The molecule has 0 spiro atoms. The van der Waals surface area contributed by atoms with Crippen LogP contribution in [0.5, 0.6) is 0 Å². The van der Waals surface area contributed by atoms with Gasteiger partial charge in [0.15, 0.2) is 0 Å². The van der Waals surface area contributed by atoms with Gasteiger partial charge in [-0.05, 0) is 12.8 Å². The molecule has 0 aromatic carbocycles. The summed E-state index contributed by atoms with van der Waals surface area (Å²) >= 11 is 0. The Labute approximate surface area is 66.2 Å². The number of fused-ring (bicyclic) bond motifs is 1. The highest BCUT2D eigenvalue weighted by Crippen LogP contribution is 2.30. The Balaban J connectivity index is 2.37. The average molecular weight is 151 g/mol. The first kappa shape index (κ1) is 6.70. The fourth-order valence-electron chi connectivity index (χ4n) is 1.80. The third-order valence-electron chi connectivity index (χ3n) is 2.43. The lowest BCUT2D eigenvalue weighted by Gasteiger charge is -2.01. The van der Waals surface area contributed by atoms with Crippen LogP contribution in [-0.2, 0) is 6.54 Å². The van der Waals surface area contributed by atoms with E-state index < -0.39 is 0 Å². The Kier molecular flexibility index (Phi) is 1.37. The predicted octanol–water partition coefficient (Wildman–Crippen LogP) is 1.36. The van der Waals surface area contributed by atoms with Crippen molar-refractivity contribution in [2.24, 2.45) is 0 Å². The first-order chi connectivity index (χ1) is 5.31. The van der Waals surface area contributed by atoms with Crippen molar-refractivity contribution in [3.63, 3.8) is 0 Å². The van der Waals surface area contributed by atoms with Crippen LogP contribution >= 0.6 is 0 Å². The molecular formula is C8H13N3. The van der Waals surface area contributed by atoms with Gasteiger partial charge in [0.05, 0.1) is 0 Å². The quantitative estimate of drug-likeness (QED) is 0.658. The second-order valence-corrected chi connectivity index (χ2v) is 3.11. The summed E-state index contributed by atoms with van der Waals surface area (Å²) in [4.78, 5) is 0. The Morgan fingerprint density at radius 1 is 1.82 bits per heavy atom. The predicted molar refractivity (Wildman–Crippen MR) is 44.3 cm³/mol. The standard InChI is InChI=1S/C8H13N3/c1-2-6-3-4-11-7(6)5-8(9)10-11/h5-6H,2-4H2,1H3,(H2,9,10). The largest absolute Gasteiger partial charge is 0.382 e. The van der Waals surface area contributed by atoms with E-state index in [9.17, 15) is 0 Å². The van der Waals surface area contributed by atoms with E-state index in [1.807, 2.05) is 10.7 Å². The van der Waals surface area contributed by atoms with E-state index in [2.05, 4.69) is 12.0 Å². The van der Waals surface area contributed by atoms with Crippen LogP contribution < -0.4 is 5.73 Å². The molecule has 0 saturated heterocycles. The van der Waals surface area contributed by atoms with Gasteiger partial charge in [-0.1, -0.05) is 6.92 Å². The van der Waals surface area contributed by atoms with Gasteiger partial charge in [0.1, 0.15) is 5.82 Å². The molecule has 1 aliphatic heterocycles. The third kappa shape index (κ3) is 0.914. The number of aromatic nitrogens is 2. The molecule has 60 valence electrons. The van der Waals surface area contributed by atoms with Gasteiger partial charge < -0.3 is 5.73 Å². The molecular weight excluding hydrogens is 138 g/mol. The normalized spacial score (nSPS) is 22.1. The van der Waals surface area contributed by atoms with Crippen LogP contribution in [0.4, 0.5) is 5.82 Å². The minimum Gasteiger partial charge on any atom is -0.382 e. The van der Waals surface area contributed by atoms with E-state index in [0.717, 1.165) is 6.54 Å². The van der Waals surface area contributed by atoms with Crippen LogP contribution in [0.2, 0.25) is 0 Å². The molecule has 1 aromatic rings. The maximum absolute atomic E-state index is 5.57. The first-order valence-corrected chi connectivity index (χ1v) is 4.14. The lowest BCUT2D eigenvalue weighted by atomic mass is 10.0. The smallest absolute Gasteiger partial charge is 0.145 e. The van der Waals surface area contributed by atoms with Crippen molar-refractivity contribution >= 4 is 5.82 Å². The molecule has 0 fully saturated rings. The Morgan fingerprint density at radius 3 is 3.36 bits per heavy atom. The summed E-state index contributed by atoms with van der Waals surface area (Å²) in [6, 6.07) is 2.00. The minimum absolute atomic E-state index is 0.665. The van der Waals surface area contributed by atoms with Crippen molar-refractivity contribution in [2.75, 3.05) is 5.73 Å². The molecule has 0 amide bonds. The molecule has 3 nitrogen and oxygen atoms in total. The van der Waals surface area contributed by atoms with Crippen molar-refractivity contribution in [3.8, 4) is 0 Å². The summed E-state index contributed by atoms with van der Waals surface area (Å²) in [6.07, 6.45) is 2.43. The molecule has 2 N–H and O–H groups in total. The van der Waals surface area contributed by atoms with Gasteiger partial charge in [0.2, 0.25) is 0 Å². The van der Waals surface area contributed by atoms with E-state index in [0.29, 0.717) is 11.7 Å². The average Bonchev–Trinajstić information content (AvgIpc) is 2.45. The van der Waals surface area contributed by atoms with Crippen molar-refractivity contribution in [1.29, 1.82) is 0 Å². The summed E-state index contributed by atoms with van der Waals surface area (Å²) in [5.41, 5.74) is 6.90. The van der Waals surface area contributed by atoms with Gasteiger partial charge in [0.25, 0.3) is 0 Å². The molecule has 1 aliphatic rings. The van der Waals surface area contributed by atoms with E-state index in [-0.39, 0.29) is 0 Å². The zero-order chi connectivity index (χ0) is 7.84. The fraction of sp³-hybridized carbons (Fsp3) is 0.625. The number of nitrogen functional groups attached to an aromatic ring is 1. The summed E-state index contributed by atoms with van der Waals surface area (Å²) in [6.45, 7) is 3.26. The second-order valence-electron chi connectivity index (χ2n) is 3.11. The number of nitrogens with two attached hydrogens (primary N) is 1. The van der Waals surface area contributed by atoms with Gasteiger partial charge in [0, 0.05) is 24.2 Å². The molecule has 0 saturated carbocycles. The highest BCUT2D eigenvalue weighted by atomic mass is 15.3. The van der Waals surface area contributed by atoms with Crippen molar-refractivity contribution in [2.45, 2.75) is 32.2 Å². The van der Waals surface area contributed by atoms with Crippen LogP contribution in [0.25, 0.3) is 0 Å². The maximum atomic E-state index is 5.57. The Morgan fingerprint density at radius 2 is 2.64 bits per heavy atom. The van der Waals surface area contributed by atoms with Crippen LogP contribution in [0.1, 0.15) is 31.4 Å². The van der Waals surface area contributed by atoms with Crippen molar-refractivity contribution in [1.82, 2.24) is 9.78 Å². The van der Waals surface area contributed by atoms with Gasteiger partial charge in [-0.15, -0.1) is 0 Å².